The first-order valence-electron chi connectivity index (χ1n) is 10.2. The van der Waals surface area contributed by atoms with Gasteiger partial charge in [0.1, 0.15) is 6.54 Å². The van der Waals surface area contributed by atoms with Crippen molar-refractivity contribution in [2.75, 3.05) is 25.0 Å². The third kappa shape index (κ3) is 7.51. The van der Waals surface area contributed by atoms with E-state index in [9.17, 15) is 9.59 Å². The molecule has 2 unspecified atom stereocenters. The first kappa shape index (κ1) is 22.8. The first-order chi connectivity index (χ1) is 13.0. The summed E-state index contributed by atoms with van der Waals surface area (Å²) >= 11 is 1.46. The molecule has 2 atom stereocenters. The van der Waals surface area contributed by atoms with Crippen LogP contribution in [0.3, 0.4) is 0 Å². The molecule has 2 amide bonds. The summed E-state index contributed by atoms with van der Waals surface area (Å²) in [5.41, 5.74) is 1.10. The zero-order valence-corrected chi connectivity index (χ0v) is 18.9. The normalized spacial score (nSPS) is 18.1. The van der Waals surface area contributed by atoms with E-state index in [0.29, 0.717) is 18.1 Å². The monoisotopic (exact) mass is 409 g/mol. The zero-order chi connectivity index (χ0) is 20.9. The Labute approximate surface area is 173 Å². The average molecular weight is 410 g/mol. The van der Waals surface area contributed by atoms with E-state index in [1.165, 1.54) is 11.3 Å². The van der Waals surface area contributed by atoms with Crippen molar-refractivity contribution in [3.05, 3.63) is 10.6 Å². The number of thiazole rings is 1. The standard InChI is InChI=1S/C21H35N3O3S/c1-14(11-21(4,5)6)10-19(26)24(12-17-8-7-9-27-17)13-18(25)23-20-22-15(2)16(3)28-20/h14,17H,7-13H2,1-6H3,(H,22,23,25). The van der Waals surface area contributed by atoms with Gasteiger partial charge in [-0.3, -0.25) is 9.59 Å². The fraction of sp³-hybridized carbons (Fsp3) is 0.762. The Morgan fingerprint density at radius 1 is 1.36 bits per heavy atom. The molecule has 1 aliphatic rings. The zero-order valence-electron chi connectivity index (χ0n) is 18.1. The maximum absolute atomic E-state index is 13.0. The number of carbonyl (C=O) groups excluding carboxylic acids is 2. The van der Waals surface area contributed by atoms with E-state index < -0.39 is 0 Å². The van der Waals surface area contributed by atoms with Gasteiger partial charge in [-0.25, -0.2) is 4.98 Å². The van der Waals surface area contributed by atoms with Crippen LogP contribution in [0.15, 0.2) is 0 Å². The van der Waals surface area contributed by atoms with Crippen molar-refractivity contribution in [1.82, 2.24) is 9.88 Å². The summed E-state index contributed by atoms with van der Waals surface area (Å²) in [5.74, 6) is 0.0873. The molecule has 0 bridgehead atoms. The van der Waals surface area contributed by atoms with E-state index in [4.69, 9.17) is 4.74 Å². The van der Waals surface area contributed by atoms with Gasteiger partial charge in [-0.15, -0.1) is 11.3 Å². The van der Waals surface area contributed by atoms with Gasteiger partial charge in [-0.1, -0.05) is 27.7 Å². The van der Waals surface area contributed by atoms with Gasteiger partial charge in [0.25, 0.3) is 0 Å². The highest BCUT2D eigenvalue weighted by atomic mass is 32.1. The number of nitrogens with zero attached hydrogens (tertiary/aromatic N) is 2. The third-order valence-corrected chi connectivity index (χ3v) is 5.88. The lowest BCUT2D eigenvalue weighted by molar-refractivity contribution is -0.137. The highest BCUT2D eigenvalue weighted by molar-refractivity contribution is 7.15. The number of carbonyl (C=O) groups is 2. The number of rotatable bonds is 8. The topological polar surface area (TPSA) is 71.5 Å². The van der Waals surface area contributed by atoms with Gasteiger partial charge >= 0.3 is 0 Å². The van der Waals surface area contributed by atoms with Crippen LogP contribution in [0.25, 0.3) is 0 Å². The van der Waals surface area contributed by atoms with Gasteiger partial charge in [-0.05, 0) is 44.4 Å². The molecule has 0 spiro atoms. The van der Waals surface area contributed by atoms with E-state index in [1.54, 1.807) is 4.90 Å². The van der Waals surface area contributed by atoms with Crippen LogP contribution in [0.5, 0.6) is 0 Å². The molecule has 2 heterocycles. The molecule has 1 aliphatic heterocycles. The van der Waals surface area contributed by atoms with Crippen molar-refractivity contribution in [3.8, 4) is 0 Å². The number of ether oxygens (including phenoxy) is 1. The second-order valence-electron chi connectivity index (χ2n) is 9.19. The number of hydrogen-bond acceptors (Lipinski definition) is 5. The molecule has 0 radical (unpaired) electrons. The molecular weight excluding hydrogens is 374 g/mol. The Morgan fingerprint density at radius 3 is 2.61 bits per heavy atom. The molecule has 7 heteroatoms. The quantitative estimate of drug-likeness (QED) is 0.699. The van der Waals surface area contributed by atoms with Crippen molar-refractivity contribution in [1.29, 1.82) is 0 Å². The summed E-state index contributed by atoms with van der Waals surface area (Å²) in [5, 5.41) is 3.43. The van der Waals surface area contributed by atoms with Gasteiger partial charge in [0.2, 0.25) is 11.8 Å². The van der Waals surface area contributed by atoms with Crippen molar-refractivity contribution in [3.63, 3.8) is 0 Å². The number of aryl methyl sites for hydroxylation is 2. The van der Waals surface area contributed by atoms with E-state index in [2.05, 4.69) is 38.0 Å². The number of nitrogens with one attached hydrogen (secondary N) is 1. The van der Waals surface area contributed by atoms with Crippen LogP contribution >= 0.6 is 11.3 Å². The fourth-order valence-electron chi connectivity index (χ4n) is 3.69. The predicted octanol–water partition coefficient (Wildman–Crippen LogP) is 4.17. The van der Waals surface area contributed by atoms with E-state index in [1.807, 2.05) is 13.8 Å². The van der Waals surface area contributed by atoms with E-state index in [-0.39, 0.29) is 35.8 Å². The van der Waals surface area contributed by atoms with Crippen molar-refractivity contribution in [2.45, 2.75) is 73.3 Å². The molecule has 1 N–H and O–H groups in total. The van der Waals surface area contributed by atoms with Crippen molar-refractivity contribution >= 4 is 28.3 Å². The number of hydrogen-bond donors (Lipinski definition) is 1. The molecular formula is C21H35N3O3S. The van der Waals surface area contributed by atoms with Gasteiger partial charge in [0.05, 0.1) is 11.8 Å². The van der Waals surface area contributed by atoms with Crippen LogP contribution in [0.4, 0.5) is 5.13 Å². The van der Waals surface area contributed by atoms with E-state index in [0.717, 1.165) is 36.4 Å². The molecule has 0 saturated carbocycles. The molecule has 1 aromatic heterocycles. The van der Waals surface area contributed by atoms with Gasteiger partial charge in [0.15, 0.2) is 5.13 Å². The Bertz CT molecular complexity index is 655. The van der Waals surface area contributed by atoms with Crippen LogP contribution in [0, 0.1) is 25.2 Å². The minimum Gasteiger partial charge on any atom is -0.376 e. The Balaban J connectivity index is 1.98. The van der Waals surface area contributed by atoms with Crippen LogP contribution in [0.1, 0.15) is 63.9 Å². The fourth-order valence-corrected chi connectivity index (χ4v) is 4.52. The van der Waals surface area contributed by atoms with Crippen LogP contribution < -0.4 is 5.32 Å². The molecule has 158 valence electrons. The number of amides is 2. The lowest BCUT2D eigenvalue weighted by Gasteiger charge is -2.28. The van der Waals surface area contributed by atoms with Gasteiger partial charge in [-0.2, -0.15) is 0 Å². The maximum atomic E-state index is 13.0. The molecule has 0 aliphatic carbocycles. The highest BCUT2D eigenvalue weighted by Gasteiger charge is 2.26. The Hall–Kier alpha value is -1.47. The number of aromatic nitrogens is 1. The van der Waals surface area contributed by atoms with Crippen LogP contribution in [-0.4, -0.2) is 47.5 Å². The minimum atomic E-state index is -0.205. The molecule has 1 saturated heterocycles. The summed E-state index contributed by atoms with van der Waals surface area (Å²) < 4.78 is 5.70. The summed E-state index contributed by atoms with van der Waals surface area (Å²) in [4.78, 5) is 32.6. The maximum Gasteiger partial charge on any atom is 0.245 e. The molecule has 28 heavy (non-hydrogen) atoms. The molecule has 1 aromatic rings. The minimum absolute atomic E-state index is 0.0221. The third-order valence-electron chi connectivity index (χ3n) is 4.89. The second kappa shape index (κ2) is 9.83. The second-order valence-corrected chi connectivity index (χ2v) is 10.4. The summed E-state index contributed by atoms with van der Waals surface area (Å²) in [6, 6.07) is 0. The summed E-state index contributed by atoms with van der Waals surface area (Å²) in [7, 11) is 0. The molecule has 2 rings (SSSR count). The number of anilines is 1. The largest absolute Gasteiger partial charge is 0.376 e. The van der Waals surface area contributed by atoms with E-state index >= 15 is 0 Å². The van der Waals surface area contributed by atoms with Crippen molar-refractivity contribution < 1.29 is 14.3 Å². The SMILES string of the molecule is Cc1nc(NC(=O)CN(CC2CCCO2)C(=O)CC(C)CC(C)(C)C)sc1C. The van der Waals surface area contributed by atoms with Crippen LogP contribution in [-0.2, 0) is 14.3 Å². The summed E-state index contributed by atoms with van der Waals surface area (Å²) in [6.45, 7) is 13.8. The first-order valence-corrected chi connectivity index (χ1v) is 11.0. The lowest BCUT2D eigenvalue weighted by atomic mass is 9.84. The smallest absolute Gasteiger partial charge is 0.245 e. The van der Waals surface area contributed by atoms with Crippen LogP contribution in [0.2, 0.25) is 0 Å². The Kier molecular flexibility index (Phi) is 8.01. The Morgan fingerprint density at radius 2 is 2.07 bits per heavy atom. The summed E-state index contributed by atoms with van der Waals surface area (Å²) in [6.07, 6.45) is 3.40. The average Bonchev–Trinajstić information content (AvgIpc) is 3.15. The lowest BCUT2D eigenvalue weighted by Crippen LogP contribution is -2.43. The van der Waals surface area contributed by atoms with Crippen molar-refractivity contribution in [2.24, 2.45) is 11.3 Å². The molecule has 0 aromatic carbocycles. The van der Waals surface area contributed by atoms with Gasteiger partial charge in [0, 0.05) is 24.4 Å². The molecule has 6 nitrogen and oxygen atoms in total. The van der Waals surface area contributed by atoms with Gasteiger partial charge < -0.3 is 15.0 Å². The predicted molar refractivity (Wildman–Crippen MR) is 114 cm³/mol. The molecule has 1 fully saturated rings. The highest BCUT2D eigenvalue weighted by Crippen LogP contribution is 2.27.